The van der Waals surface area contributed by atoms with E-state index in [0.717, 1.165) is 31.9 Å². The van der Waals surface area contributed by atoms with Gasteiger partial charge in [-0.1, -0.05) is 25.0 Å². The fourth-order valence-corrected chi connectivity index (χ4v) is 3.56. The third-order valence-corrected chi connectivity index (χ3v) is 5.36. The minimum absolute atomic E-state index is 0.117. The maximum Gasteiger partial charge on any atom is 0.224 e. The first-order valence-corrected chi connectivity index (χ1v) is 9.35. The molecule has 6 heteroatoms. The van der Waals surface area contributed by atoms with Gasteiger partial charge in [0.25, 0.3) is 0 Å². The van der Waals surface area contributed by atoms with E-state index in [1.165, 1.54) is 6.07 Å². The van der Waals surface area contributed by atoms with Crippen LogP contribution in [-0.4, -0.2) is 39.8 Å². The first-order valence-electron chi connectivity index (χ1n) is 7.45. The molecule has 0 radical (unpaired) electrons. The van der Waals surface area contributed by atoms with Gasteiger partial charge in [-0.2, -0.15) is 0 Å². The molecule has 1 aromatic rings. The highest BCUT2D eigenvalue weighted by Crippen LogP contribution is 2.31. The number of sulfone groups is 1. The van der Waals surface area contributed by atoms with Gasteiger partial charge in [-0.15, -0.1) is 0 Å². The molecule has 1 aliphatic rings. The molecule has 5 nitrogen and oxygen atoms in total. The number of hydrogen-bond donors (Lipinski definition) is 1. The Morgan fingerprint density at radius 3 is 2.59 bits per heavy atom. The van der Waals surface area contributed by atoms with E-state index < -0.39 is 9.84 Å². The minimum atomic E-state index is -3.25. The topological polar surface area (TPSA) is 72.5 Å². The van der Waals surface area contributed by atoms with Crippen LogP contribution in [0.1, 0.15) is 31.2 Å². The number of carbonyl (C=O) groups is 1. The van der Waals surface area contributed by atoms with Gasteiger partial charge in [-0.25, -0.2) is 8.42 Å². The van der Waals surface area contributed by atoms with Crippen LogP contribution in [-0.2, 0) is 25.8 Å². The number of rotatable bonds is 6. The van der Waals surface area contributed by atoms with E-state index >= 15 is 0 Å². The molecule has 1 saturated carbocycles. The molecular weight excluding hydrogens is 302 g/mol. The summed E-state index contributed by atoms with van der Waals surface area (Å²) in [5, 5.41) is 2.91. The van der Waals surface area contributed by atoms with Crippen LogP contribution in [0.25, 0.3) is 0 Å². The number of methoxy groups -OCH3 is 1. The molecule has 22 heavy (non-hydrogen) atoms. The van der Waals surface area contributed by atoms with Gasteiger partial charge in [0.05, 0.1) is 16.9 Å². The van der Waals surface area contributed by atoms with Gasteiger partial charge in [0.1, 0.15) is 0 Å². The van der Waals surface area contributed by atoms with Crippen LogP contribution in [0.15, 0.2) is 29.2 Å². The summed E-state index contributed by atoms with van der Waals surface area (Å²) in [6.45, 7) is 0.508. The summed E-state index contributed by atoms with van der Waals surface area (Å²) >= 11 is 0. The van der Waals surface area contributed by atoms with Crippen molar-refractivity contribution in [1.82, 2.24) is 5.32 Å². The molecule has 1 aliphatic carbocycles. The van der Waals surface area contributed by atoms with Crippen molar-refractivity contribution >= 4 is 15.7 Å². The number of ether oxygens (including phenoxy) is 1. The normalized spacial score (nSPS) is 17.4. The quantitative estimate of drug-likeness (QED) is 0.864. The summed E-state index contributed by atoms with van der Waals surface area (Å²) in [7, 11) is -1.56. The lowest BCUT2D eigenvalue weighted by atomic mass is 10.0. The zero-order valence-corrected chi connectivity index (χ0v) is 13.9. The molecular formula is C16H23NO4S. The number of carbonyl (C=O) groups excluding carboxylic acids is 1. The summed E-state index contributed by atoms with van der Waals surface area (Å²) < 4.78 is 28.6. The zero-order chi connectivity index (χ0) is 16.2. The lowest BCUT2D eigenvalue weighted by Crippen LogP contribution is -2.42. The summed E-state index contributed by atoms with van der Waals surface area (Å²) in [5.41, 5.74) is 0.461. The van der Waals surface area contributed by atoms with Gasteiger partial charge >= 0.3 is 0 Å². The van der Waals surface area contributed by atoms with Crippen LogP contribution in [0.5, 0.6) is 0 Å². The van der Waals surface area contributed by atoms with E-state index in [9.17, 15) is 13.2 Å². The molecule has 2 rings (SSSR count). The average Bonchev–Trinajstić information content (AvgIpc) is 2.94. The number of nitrogens with one attached hydrogen (secondary N) is 1. The fraction of sp³-hybridized carbons (Fsp3) is 0.562. The first-order chi connectivity index (χ1) is 10.3. The van der Waals surface area contributed by atoms with Gasteiger partial charge in [0.2, 0.25) is 5.91 Å². The maximum absolute atomic E-state index is 12.1. The van der Waals surface area contributed by atoms with Crippen LogP contribution < -0.4 is 5.32 Å². The Labute approximate surface area is 132 Å². The lowest BCUT2D eigenvalue weighted by Gasteiger charge is -2.27. The second-order valence-electron chi connectivity index (χ2n) is 5.97. The molecule has 1 fully saturated rings. The Morgan fingerprint density at radius 1 is 1.32 bits per heavy atom. The highest BCUT2D eigenvalue weighted by Gasteiger charge is 2.33. The Morgan fingerprint density at radius 2 is 2.00 bits per heavy atom. The van der Waals surface area contributed by atoms with Crippen molar-refractivity contribution in [3.8, 4) is 0 Å². The highest BCUT2D eigenvalue weighted by atomic mass is 32.2. The van der Waals surface area contributed by atoms with Crippen molar-refractivity contribution in [2.24, 2.45) is 0 Å². The van der Waals surface area contributed by atoms with Crippen LogP contribution in [0.2, 0.25) is 0 Å². The molecule has 0 unspecified atom stereocenters. The molecule has 1 N–H and O–H groups in total. The van der Waals surface area contributed by atoms with Crippen molar-refractivity contribution in [3.05, 3.63) is 29.8 Å². The van der Waals surface area contributed by atoms with Gasteiger partial charge in [-0.05, 0) is 30.5 Å². The smallest absolute Gasteiger partial charge is 0.224 e. The fourth-order valence-electron chi connectivity index (χ4n) is 2.87. The van der Waals surface area contributed by atoms with Crippen molar-refractivity contribution in [1.29, 1.82) is 0 Å². The lowest BCUT2D eigenvalue weighted by molar-refractivity contribution is -0.122. The second-order valence-corrected chi connectivity index (χ2v) is 7.98. The standard InChI is InChI=1S/C16H23NO4S/c1-21-16(8-3-4-9-16)12-17-15(18)11-13-6-5-7-14(10-13)22(2,19)20/h5-7,10H,3-4,8-9,11-12H2,1-2H3,(H,17,18). The van der Waals surface area contributed by atoms with Crippen molar-refractivity contribution in [2.75, 3.05) is 19.9 Å². The monoisotopic (exact) mass is 325 g/mol. The number of hydrogen-bond acceptors (Lipinski definition) is 4. The third-order valence-electron chi connectivity index (χ3n) is 4.25. The van der Waals surface area contributed by atoms with E-state index in [-0.39, 0.29) is 22.8 Å². The molecule has 0 saturated heterocycles. The Balaban J connectivity index is 1.95. The summed E-state index contributed by atoms with van der Waals surface area (Å²) in [5.74, 6) is -0.117. The van der Waals surface area contributed by atoms with Crippen LogP contribution in [0, 0.1) is 0 Å². The molecule has 0 aromatic heterocycles. The van der Waals surface area contributed by atoms with E-state index in [4.69, 9.17) is 4.74 Å². The molecule has 0 heterocycles. The largest absolute Gasteiger partial charge is 0.376 e. The molecule has 1 aromatic carbocycles. The second kappa shape index (κ2) is 6.79. The van der Waals surface area contributed by atoms with Gasteiger partial charge in [0, 0.05) is 19.9 Å². The highest BCUT2D eigenvalue weighted by molar-refractivity contribution is 7.90. The van der Waals surface area contributed by atoms with Crippen LogP contribution >= 0.6 is 0 Å². The minimum Gasteiger partial charge on any atom is -0.376 e. The van der Waals surface area contributed by atoms with Crippen molar-refractivity contribution in [3.63, 3.8) is 0 Å². The summed E-state index contributed by atoms with van der Waals surface area (Å²) in [4.78, 5) is 12.3. The molecule has 1 amide bonds. The Kier molecular flexibility index (Phi) is 5.24. The predicted molar refractivity (Wildman–Crippen MR) is 84.5 cm³/mol. The van der Waals surface area contributed by atoms with E-state index in [1.807, 2.05) is 0 Å². The predicted octanol–water partition coefficient (Wildman–Crippen LogP) is 1.71. The Hall–Kier alpha value is -1.40. The van der Waals surface area contributed by atoms with E-state index in [2.05, 4.69) is 5.32 Å². The number of amides is 1. The average molecular weight is 325 g/mol. The Bertz CT molecular complexity index is 633. The van der Waals surface area contributed by atoms with Gasteiger partial charge < -0.3 is 10.1 Å². The SMILES string of the molecule is COC1(CNC(=O)Cc2cccc(S(C)(=O)=O)c2)CCCC1. The molecule has 0 bridgehead atoms. The van der Waals surface area contributed by atoms with E-state index in [0.29, 0.717) is 12.1 Å². The summed E-state index contributed by atoms with van der Waals surface area (Å²) in [6.07, 6.45) is 5.51. The van der Waals surface area contributed by atoms with Crippen LogP contribution in [0.3, 0.4) is 0 Å². The van der Waals surface area contributed by atoms with E-state index in [1.54, 1.807) is 25.3 Å². The van der Waals surface area contributed by atoms with Gasteiger partial charge in [-0.3, -0.25) is 4.79 Å². The first kappa shape index (κ1) is 17.0. The molecule has 0 atom stereocenters. The molecule has 0 aliphatic heterocycles. The van der Waals surface area contributed by atoms with Crippen molar-refractivity contribution < 1.29 is 17.9 Å². The zero-order valence-electron chi connectivity index (χ0n) is 13.1. The molecule has 0 spiro atoms. The maximum atomic E-state index is 12.1. The third kappa shape index (κ3) is 4.30. The van der Waals surface area contributed by atoms with Crippen molar-refractivity contribution in [2.45, 2.75) is 42.6 Å². The summed E-state index contributed by atoms with van der Waals surface area (Å²) in [6, 6.07) is 6.51. The molecule has 122 valence electrons. The number of benzene rings is 1. The van der Waals surface area contributed by atoms with Gasteiger partial charge in [0.15, 0.2) is 9.84 Å². The van der Waals surface area contributed by atoms with Crippen LogP contribution in [0.4, 0.5) is 0 Å².